The monoisotopic (exact) mass is 507 g/mol. The van der Waals surface area contributed by atoms with Crippen LogP contribution in [0.5, 0.6) is 0 Å². The Morgan fingerprint density at radius 3 is 2.35 bits per heavy atom. The topological polar surface area (TPSA) is 162 Å². The molecule has 2 amide bonds. The molecule has 0 fully saturated rings. The third-order valence-electron chi connectivity index (χ3n) is 6.20. The second kappa shape index (κ2) is 14.2. The first-order valence-electron chi connectivity index (χ1n) is 12.6. The number of carbonyl (C=O) groups excluding carboxylic acids is 3. The maximum atomic E-state index is 13.2. The van der Waals surface area contributed by atoms with Gasteiger partial charge >= 0.3 is 0 Å². The summed E-state index contributed by atoms with van der Waals surface area (Å²) < 4.78 is 1.77. The second-order valence-electron chi connectivity index (χ2n) is 9.03. The predicted octanol–water partition coefficient (Wildman–Crippen LogP) is 0.417. The molecule has 0 bridgehead atoms. The van der Waals surface area contributed by atoms with Gasteiger partial charge in [0.05, 0.1) is 29.7 Å². The van der Waals surface area contributed by atoms with Crippen LogP contribution in [0.2, 0.25) is 0 Å². The largest absolute Gasteiger partial charge is 0.345 e. The van der Waals surface area contributed by atoms with Crippen molar-refractivity contribution in [3.8, 4) is 0 Å². The third kappa shape index (κ3) is 8.49. The molecule has 10 heteroatoms. The van der Waals surface area contributed by atoms with Crippen molar-refractivity contribution in [2.24, 2.45) is 17.2 Å². The van der Waals surface area contributed by atoms with Crippen LogP contribution in [0.3, 0.4) is 0 Å². The molecule has 3 aromatic rings. The van der Waals surface area contributed by atoms with Crippen LogP contribution in [0.15, 0.2) is 60.8 Å². The average molecular weight is 508 g/mol. The van der Waals surface area contributed by atoms with E-state index in [0.717, 1.165) is 16.8 Å². The highest BCUT2D eigenvalue weighted by molar-refractivity contribution is 5.93. The van der Waals surface area contributed by atoms with Crippen LogP contribution < -0.4 is 22.5 Å². The molecule has 37 heavy (non-hydrogen) atoms. The average Bonchev–Trinajstić information content (AvgIpc) is 3.33. The number of hydrogen-bond acceptors (Lipinski definition) is 7. The van der Waals surface area contributed by atoms with Gasteiger partial charge < -0.3 is 27.4 Å². The smallest absolute Gasteiger partial charge is 0.238 e. The van der Waals surface area contributed by atoms with E-state index in [2.05, 4.69) is 10.4 Å². The van der Waals surface area contributed by atoms with Crippen LogP contribution >= 0.6 is 0 Å². The van der Waals surface area contributed by atoms with Crippen LogP contribution in [-0.2, 0) is 27.2 Å². The summed E-state index contributed by atoms with van der Waals surface area (Å²) in [6.07, 6.45) is 3.38. The molecule has 2 atom stereocenters. The Bertz CT molecular complexity index is 1130. The van der Waals surface area contributed by atoms with E-state index >= 15 is 0 Å². The van der Waals surface area contributed by atoms with Gasteiger partial charge in [-0.1, -0.05) is 36.4 Å². The van der Waals surface area contributed by atoms with Crippen LogP contribution in [0, 0.1) is 0 Å². The summed E-state index contributed by atoms with van der Waals surface area (Å²) in [5.74, 6) is -0.932. The number of nitrogens with zero attached hydrogens (tertiary/aromatic N) is 3. The van der Waals surface area contributed by atoms with Crippen molar-refractivity contribution in [1.82, 2.24) is 19.8 Å². The summed E-state index contributed by atoms with van der Waals surface area (Å²) >= 11 is 0. The molecule has 0 aliphatic carbocycles. The zero-order chi connectivity index (χ0) is 26.6. The van der Waals surface area contributed by atoms with Gasteiger partial charge in [-0.25, -0.2) is 4.52 Å². The molecule has 0 radical (unpaired) electrons. The number of aromatic nitrogens is 2. The molecule has 0 aliphatic rings. The lowest BCUT2D eigenvalue weighted by molar-refractivity contribution is -0.135. The van der Waals surface area contributed by atoms with Gasteiger partial charge in [0.2, 0.25) is 11.8 Å². The maximum absolute atomic E-state index is 13.2. The molecule has 2 heterocycles. The lowest BCUT2D eigenvalue weighted by atomic mass is 9.98. The number of Topliss-reactive ketones (excluding diaryl/α,β-unsaturated/α-hetero) is 1. The molecule has 10 nitrogen and oxygen atoms in total. The van der Waals surface area contributed by atoms with Crippen LogP contribution in [0.1, 0.15) is 30.5 Å². The van der Waals surface area contributed by atoms with Crippen molar-refractivity contribution < 1.29 is 14.4 Å². The first-order valence-corrected chi connectivity index (χ1v) is 12.6. The normalized spacial score (nSPS) is 12.7. The Kier molecular flexibility index (Phi) is 10.8. The Morgan fingerprint density at radius 2 is 1.68 bits per heavy atom. The number of nitrogens with two attached hydrogens (primary N) is 3. The summed E-state index contributed by atoms with van der Waals surface area (Å²) in [5, 5.41) is 7.30. The van der Waals surface area contributed by atoms with Crippen LogP contribution in [-0.4, -0.2) is 70.4 Å². The molecule has 0 saturated carbocycles. The predicted molar refractivity (Wildman–Crippen MR) is 142 cm³/mol. The Morgan fingerprint density at radius 1 is 0.973 bits per heavy atom. The molecular formula is C27H37N7O3. The fourth-order valence-corrected chi connectivity index (χ4v) is 4.17. The van der Waals surface area contributed by atoms with E-state index in [9.17, 15) is 14.4 Å². The molecule has 198 valence electrons. The Hall–Kier alpha value is -3.60. The van der Waals surface area contributed by atoms with E-state index in [0.29, 0.717) is 32.4 Å². The highest BCUT2D eigenvalue weighted by Crippen LogP contribution is 2.12. The van der Waals surface area contributed by atoms with Crippen molar-refractivity contribution in [1.29, 1.82) is 0 Å². The molecular weight excluding hydrogens is 470 g/mol. The fraction of sp³-hybridized carbons (Fsp3) is 0.407. The quantitative estimate of drug-likeness (QED) is 0.232. The lowest BCUT2D eigenvalue weighted by Gasteiger charge is -2.24. The molecule has 1 aromatic carbocycles. The van der Waals surface area contributed by atoms with E-state index in [-0.39, 0.29) is 37.6 Å². The zero-order valence-electron chi connectivity index (χ0n) is 21.1. The molecule has 0 saturated heterocycles. The minimum absolute atomic E-state index is 0.104. The van der Waals surface area contributed by atoms with Crippen molar-refractivity contribution in [2.75, 3.05) is 26.2 Å². The van der Waals surface area contributed by atoms with E-state index in [1.54, 1.807) is 4.52 Å². The third-order valence-corrected chi connectivity index (χ3v) is 6.20. The van der Waals surface area contributed by atoms with E-state index < -0.39 is 18.0 Å². The van der Waals surface area contributed by atoms with E-state index in [1.807, 2.05) is 60.8 Å². The summed E-state index contributed by atoms with van der Waals surface area (Å²) in [5.41, 5.74) is 20.0. The molecule has 3 rings (SSSR count). The van der Waals surface area contributed by atoms with Gasteiger partial charge in [0.15, 0.2) is 5.78 Å². The number of amides is 2. The summed E-state index contributed by atoms with van der Waals surface area (Å²) in [4.78, 5) is 40.2. The van der Waals surface area contributed by atoms with Crippen molar-refractivity contribution in [3.05, 3.63) is 72.1 Å². The summed E-state index contributed by atoms with van der Waals surface area (Å²) in [7, 11) is 0. The maximum Gasteiger partial charge on any atom is 0.238 e. The standard InChI is InChI=1S/C27H37N7O3/c28-13-16-33(17-14-29)26(36)19-23(30)27(37)31-24(11-9-20-6-2-1-3-7-20)25(35)12-10-21-18-22-8-4-5-15-34(22)32-21/h1-8,15,18,23-24H,9-14,16-17,19,28-30H2,(H,31,37)/t23-,24-/m0/s1. The molecule has 0 aliphatic heterocycles. The fourth-order valence-electron chi connectivity index (χ4n) is 4.17. The number of aryl methyl sites for hydroxylation is 2. The van der Waals surface area contributed by atoms with E-state index in [4.69, 9.17) is 17.2 Å². The number of pyridine rings is 1. The minimum atomic E-state index is -1.09. The first-order chi connectivity index (χ1) is 17.9. The summed E-state index contributed by atoms with van der Waals surface area (Å²) in [6, 6.07) is 15.7. The van der Waals surface area contributed by atoms with Gasteiger partial charge in [0.25, 0.3) is 0 Å². The first kappa shape index (κ1) is 28.0. The van der Waals surface area contributed by atoms with Gasteiger partial charge in [-0.2, -0.15) is 5.10 Å². The van der Waals surface area contributed by atoms with Gasteiger partial charge in [-0.05, 0) is 43.0 Å². The number of hydrogen-bond donors (Lipinski definition) is 4. The number of carbonyl (C=O) groups is 3. The van der Waals surface area contributed by atoms with Crippen molar-refractivity contribution in [3.63, 3.8) is 0 Å². The molecule has 0 spiro atoms. The van der Waals surface area contributed by atoms with Gasteiger partial charge in [0.1, 0.15) is 0 Å². The SMILES string of the molecule is NCCN(CCN)C(=O)C[C@H](N)C(=O)N[C@@H](CCc1ccccc1)C(=O)CCc1cc2ccccn2n1. The van der Waals surface area contributed by atoms with E-state index in [1.165, 1.54) is 4.90 Å². The minimum Gasteiger partial charge on any atom is -0.345 e. The molecule has 0 unspecified atom stereocenters. The summed E-state index contributed by atoms with van der Waals surface area (Å²) in [6.45, 7) is 1.25. The highest BCUT2D eigenvalue weighted by Gasteiger charge is 2.26. The number of rotatable bonds is 15. The highest BCUT2D eigenvalue weighted by atomic mass is 16.2. The van der Waals surface area contributed by atoms with Gasteiger partial charge in [0, 0.05) is 38.8 Å². The van der Waals surface area contributed by atoms with Crippen molar-refractivity contribution in [2.45, 2.75) is 44.2 Å². The molecule has 2 aromatic heterocycles. The number of benzene rings is 1. The number of ketones is 1. The Labute approximate surface area is 217 Å². The number of nitrogens with one attached hydrogen (secondary N) is 1. The number of fused-ring (bicyclic) bond motifs is 1. The second-order valence-corrected chi connectivity index (χ2v) is 9.03. The van der Waals surface area contributed by atoms with Gasteiger partial charge in [-0.15, -0.1) is 0 Å². The van der Waals surface area contributed by atoms with Crippen molar-refractivity contribution >= 4 is 23.1 Å². The van der Waals surface area contributed by atoms with Gasteiger partial charge in [-0.3, -0.25) is 14.4 Å². The molecule has 7 N–H and O–H groups in total. The Balaban J connectivity index is 1.63. The van der Waals surface area contributed by atoms with Crippen LogP contribution in [0.25, 0.3) is 5.52 Å². The lowest BCUT2D eigenvalue weighted by Crippen LogP contribution is -2.51. The van der Waals surface area contributed by atoms with Crippen LogP contribution in [0.4, 0.5) is 0 Å². The zero-order valence-corrected chi connectivity index (χ0v) is 21.1.